The van der Waals surface area contributed by atoms with Crippen LogP contribution in [-0.2, 0) is 12.8 Å². The molecule has 2 aromatic rings. The van der Waals surface area contributed by atoms with E-state index in [1.165, 1.54) is 17.7 Å². The molecule has 1 aliphatic carbocycles. The predicted octanol–water partition coefficient (Wildman–Crippen LogP) is 4.66. The summed E-state index contributed by atoms with van der Waals surface area (Å²) in [4.78, 5) is 0. The summed E-state index contributed by atoms with van der Waals surface area (Å²) in [5.74, 6) is -0.644. The summed E-state index contributed by atoms with van der Waals surface area (Å²) < 4.78 is 26.9. The highest BCUT2D eigenvalue weighted by Gasteiger charge is 2.31. The molecule has 2 atom stereocenters. The minimum Gasteiger partial charge on any atom is -0.207 e. The third-order valence-corrected chi connectivity index (χ3v) is 4.33. The first-order valence-corrected chi connectivity index (χ1v) is 6.74. The zero-order chi connectivity index (χ0) is 13.4. The minimum absolute atomic E-state index is 0.121. The SMILES string of the molecule is Fc1ccc(F)c(CC2Cc3ccccc3C2Cl)c1. The second-order valence-corrected chi connectivity index (χ2v) is 5.47. The van der Waals surface area contributed by atoms with Gasteiger partial charge in [-0.05, 0) is 53.6 Å². The van der Waals surface area contributed by atoms with Gasteiger partial charge in [0, 0.05) is 0 Å². The van der Waals surface area contributed by atoms with Gasteiger partial charge in [0.1, 0.15) is 11.6 Å². The smallest absolute Gasteiger partial charge is 0.126 e. The van der Waals surface area contributed by atoms with Crippen molar-refractivity contribution in [3.8, 4) is 0 Å². The number of fused-ring (bicyclic) bond motifs is 1. The number of halogens is 3. The van der Waals surface area contributed by atoms with Crippen LogP contribution in [0.15, 0.2) is 42.5 Å². The van der Waals surface area contributed by atoms with Crippen LogP contribution in [0.25, 0.3) is 0 Å². The van der Waals surface area contributed by atoms with E-state index in [-0.39, 0.29) is 17.1 Å². The minimum atomic E-state index is -0.405. The Labute approximate surface area is 116 Å². The Morgan fingerprint density at radius 2 is 1.89 bits per heavy atom. The van der Waals surface area contributed by atoms with E-state index in [4.69, 9.17) is 11.6 Å². The van der Waals surface area contributed by atoms with Crippen LogP contribution in [0.3, 0.4) is 0 Å². The molecule has 98 valence electrons. The fourth-order valence-electron chi connectivity index (χ4n) is 2.79. The maximum absolute atomic E-state index is 13.7. The highest BCUT2D eigenvalue weighted by atomic mass is 35.5. The third-order valence-electron chi connectivity index (χ3n) is 3.74. The Morgan fingerprint density at radius 1 is 1.11 bits per heavy atom. The molecule has 1 aliphatic rings. The summed E-state index contributed by atoms with van der Waals surface area (Å²) in [6.07, 6.45) is 1.28. The molecule has 0 bridgehead atoms. The van der Waals surface area contributed by atoms with E-state index >= 15 is 0 Å². The number of hydrogen-bond donors (Lipinski definition) is 0. The van der Waals surface area contributed by atoms with Gasteiger partial charge < -0.3 is 0 Å². The molecule has 0 fully saturated rings. The second kappa shape index (κ2) is 4.93. The number of benzene rings is 2. The first-order chi connectivity index (χ1) is 9.15. The quantitative estimate of drug-likeness (QED) is 0.701. The van der Waals surface area contributed by atoms with Crippen molar-refractivity contribution < 1.29 is 8.78 Å². The second-order valence-electron chi connectivity index (χ2n) is 5.00. The molecule has 2 aromatic carbocycles. The summed E-state index contributed by atoms with van der Waals surface area (Å²) in [6, 6.07) is 11.6. The maximum atomic E-state index is 13.7. The van der Waals surface area contributed by atoms with Crippen molar-refractivity contribution in [2.24, 2.45) is 5.92 Å². The lowest BCUT2D eigenvalue weighted by molar-refractivity contribution is 0.512. The summed E-state index contributed by atoms with van der Waals surface area (Å²) in [6.45, 7) is 0. The first kappa shape index (κ1) is 12.6. The van der Waals surface area contributed by atoms with Crippen molar-refractivity contribution in [3.05, 3.63) is 70.8 Å². The average Bonchev–Trinajstić information content (AvgIpc) is 2.72. The number of alkyl halides is 1. The fraction of sp³-hybridized carbons (Fsp3) is 0.250. The van der Waals surface area contributed by atoms with Gasteiger partial charge in [-0.3, -0.25) is 0 Å². The molecule has 0 aliphatic heterocycles. The van der Waals surface area contributed by atoms with Crippen LogP contribution in [0.2, 0.25) is 0 Å². The van der Waals surface area contributed by atoms with E-state index in [1.807, 2.05) is 24.3 Å². The average molecular weight is 279 g/mol. The van der Waals surface area contributed by atoms with Crippen LogP contribution in [0.5, 0.6) is 0 Å². The van der Waals surface area contributed by atoms with Crippen molar-refractivity contribution >= 4 is 11.6 Å². The normalized spacial score (nSPS) is 21.4. The van der Waals surface area contributed by atoms with Gasteiger partial charge in [-0.15, -0.1) is 11.6 Å². The van der Waals surface area contributed by atoms with Gasteiger partial charge in [-0.1, -0.05) is 24.3 Å². The van der Waals surface area contributed by atoms with Gasteiger partial charge in [0.05, 0.1) is 5.38 Å². The van der Waals surface area contributed by atoms with Crippen molar-refractivity contribution in [2.75, 3.05) is 0 Å². The molecule has 19 heavy (non-hydrogen) atoms. The molecule has 0 saturated heterocycles. The van der Waals surface area contributed by atoms with Crippen LogP contribution in [-0.4, -0.2) is 0 Å². The molecule has 0 nitrogen and oxygen atoms in total. The predicted molar refractivity (Wildman–Crippen MR) is 72.3 cm³/mol. The van der Waals surface area contributed by atoms with Crippen molar-refractivity contribution in [2.45, 2.75) is 18.2 Å². The molecule has 0 radical (unpaired) electrons. The van der Waals surface area contributed by atoms with E-state index in [2.05, 4.69) is 0 Å². The highest BCUT2D eigenvalue weighted by Crippen LogP contribution is 2.42. The van der Waals surface area contributed by atoms with E-state index < -0.39 is 5.82 Å². The standard InChI is InChI=1S/C16H13ClF2/c17-16-12(7-10-3-1-2-4-14(10)16)8-11-9-13(18)5-6-15(11)19/h1-6,9,12,16H,7-8H2. The Bertz CT molecular complexity index is 609. The Morgan fingerprint density at radius 3 is 2.68 bits per heavy atom. The van der Waals surface area contributed by atoms with Gasteiger partial charge in [0.2, 0.25) is 0 Å². The number of hydrogen-bond acceptors (Lipinski definition) is 0. The molecule has 0 saturated carbocycles. The zero-order valence-corrected chi connectivity index (χ0v) is 11.0. The van der Waals surface area contributed by atoms with Crippen LogP contribution in [0.1, 0.15) is 22.1 Å². The van der Waals surface area contributed by atoms with E-state index in [0.29, 0.717) is 12.0 Å². The molecule has 0 spiro atoms. The third kappa shape index (κ3) is 2.37. The molecule has 0 amide bonds. The highest BCUT2D eigenvalue weighted by molar-refractivity contribution is 6.21. The molecular formula is C16H13ClF2. The van der Waals surface area contributed by atoms with Crippen LogP contribution in [0, 0.1) is 17.6 Å². The largest absolute Gasteiger partial charge is 0.207 e. The van der Waals surface area contributed by atoms with Crippen LogP contribution >= 0.6 is 11.6 Å². The topological polar surface area (TPSA) is 0 Å². The lowest BCUT2D eigenvalue weighted by atomic mass is 9.96. The molecule has 2 unspecified atom stereocenters. The van der Waals surface area contributed by atoms with Gasteiger partial charge in [-0.25, -0.2) is 8.78 Å². The van der Waals surface area contributed by atoms with Crippen molar-refractivity contribution in [1.82, 2.24) is 0 Å². The fourth-order valence-corrected chi connectivity index (χ4v) is 3.18. The van der Waals surface area contributed by atoms with E-state index in [0.717, 1.165) is 18.1 Å². The first-order valence-electron chi connectivity index (χ1n) is 6.31. The Kier molecular flexibility index (Phi) is 3.28. The summed E-state index contributed by atoms with van der Waals surface area (Å²) in [7, 11) is 0. The molecule has 0 aromatic heterocycles. The van der Waals surface area contributed by atoms with Crippen LogP contribution < -0.4 is 0 Å². The van der Waals surface area contributed by atoms with Crippen LogP contribution in [0.4, 0.5) is 8.78 Å². The van der Waals surface area contributed by atoms with E-state index in [9.17, 15) is 8.78 Å². The van der Waals surface area contributed by atoms with Crippen molar-refractivity contribution in [1.29, 1.82) is 0 Å². The van der Waals surface area contributed by atoms with Gasteiger partial charge >= 0.3 is 0 Å². The summed E-state index contributed by atoms with van der Waals surface area (Å²) in [5.41, 5.74) is 2.73. The van der Waals surface area contributed by atoms with Crippen molar-refractivity contribution in [3.63, 3.8) is 0 Å². The molecule has 0 N–H and O–H groups in total. The lowest BCUT2D eigenvalue weighted by Crippen LogP contribution is -2.08. The van der Waals surface area contributed by atoms with Gasteiger partial charge in [0.15, 0.2) is 0 Å². The summed E-state index contributed by atoms with van der Waals surface area (Å²) >= 11 is 6.43. The Balaban J connectivity index is 1.85. The molecular weight excluding hydrogens is 266 g/mol. The zero-order valence-electron chi connectivity index (χ0n) is 10.2. The maximum Gasteiger partial charge on any atom is 0.126 e. The van der Waals surface area contributed by atoms with Gasteiger partial charge in [0.25, 0.3) is 0 Å². The lowest BCUT2D eigenvalue weighted by Gasteiger charge is -2.14. The number of rotatable bonds is 2. The molecule has 3 heteroatoms. The molecule has 3 rings (SSSR count). The molecule has 0 heterocycles. The Hall–Kier alpha value is -1.41. The van der Waals surface area contributed by atoms with E-state index in [1.54, 1.807) is 0 Å². The monoisotopic (exact) mass is 278 g/mol. The summed E-state index contributed by atoms with van der Waals surface area (Å²) in [5, 5.41) is -0.126. The van der Waals surface area contributed by atoms with Gasteiger partial charge in [-0.2, -0.15) is 0 Å².